The van der Waals surface area contributed by atoms with Crippen molar-refractivity contribution in [3.8, 4) is 5.75 Å². The Balaban J connectivity index is 0.000000272. The molecule has 21 heavy (non-hydrogen) atoms. The topological polar surface area (TPSA) is 65.1 Å². The summed E-state index contributed by atoms with van der Waals surface area (Å²) in [5, 5.41) is 12.2. The van der Waals surface area contributed by atoms with Gasteiger partial charge in [-0.2, -0.15) is 0 Å². The van der Waals surface area contributed by atoms with Gasteiger partial charge in [-0.3, -0.25) is 4.79 Å². The number of hydrogen-bond acceptors (Lipinski definition) is 2. The van der Waals surface area contributed by atoms with Crippen LogP contribution in [0.2, 0.25) is 0 Å². The number of hydrogen-bond donors (Lipinski definition) is 3. The highest BCUT2D eigenvalue weighted by molar-refractivity contribution is 6.06. The van der Waals surface area contributed by atoms with Gasteiger partial charge in [-0.05, 0) is 36.4 Å². The van der Waals surface area contributed by atoms with Gasteiger partial charge in [0.05, 0.1) is 5.56 Å². The Morgan fingerprint density at radius 2 is 1.48 bits per heavy atom. The molecular weight excluding hydrogens is 264 g/mol. The van der Waals surface area contributed by atoms with Crippen molar-refractivity contribution in [2.24, 2.45) is 0 Å². The van der Waals surface area contributed by atoms with E-state index in [-0.39, 0.29) is 17.2 Å². The van der Waals surface area contributed by atoms with Crippen molar-refractivity contribution in [3.63, 3.8) is 0 Å². The minimum absolute atomic E-state index is 0.0177. The molecule has 0 unspecified atom stereocenters. The molecule has 0 aliphatic carbocycles. The van der Waals surface area contributed by atoms with Crippen molar-refractivity contribution in [2.75, 3.05) is 5.32 Å². The zero-order valence-corrected chi connectivity index (χ0v) is 11.4. The molecule has 0 atom stereocenters. The maximum atomic E-state index is 11.8. The van der Waals surface area contributed by atoms with Gasteiger partial charge in [-0.25, -0.2) is 0 Å². The lowest BCUT2D eigenvalue weighted by Crippen LogP contribution is -2.11. The summed E-state index contributed by atoms with van der Waals surface area (Å²) in [7, 11) is 0. The highest BCUT2D eigenvalue weighted by atomic mass is 16.3. The molecule has 4 heteroatoms. The number of nitrogens with one attached hydrogen (secondary N) is 2. The van der Waals surface area contributed by atoms with E-state index in [4.69, 9.17) is 0 Å². The molecule has 0 saturated carbocycles. The molecule has 0 bridgehead atoms. The number of carbonyl (C=O) groups excluding carboxylic acids is 1. The molecule has 2 aromatic carbocycles. The van der Waals surface area contributed by atoms with Crippen LogP contribution in [0, 0.1) is 0 Å². The number of carbonyl (C=O) groups is 1. The fourth-order valence-corrected chi connectivity index (χ4v) is 1.66. The van der Waals surface area contributed by atoms with Crippen LogP contribution >= 0.6 is 0 Å². The van der Waals surface area contributed by atoms with Crippen LogP contribution in [-0.4, -0.2) is 16.0 Å². The largest absolute Gasteiger partial charge is 0.507 e. The van der Waals surface area contributed by atoms with Gasteiger partial charge in [0, 0.05) is 18.1 Å². The van der Waals surface area contributed by atoms with Crippen LogP contribution in [0.5, 0.6) is 5.75 Å². The Kier molecular flexibility index (Phi) is 5.18. The van der Waals surface area contributed by atoms with Gasteiger partial charge < -0.3 is 15.4 Å². The Hall–Kier alpha value is -3.01. The molecule has 3 aromatic rings. The number of aromatic hydroxyl groups is 1. The first-order valence-electron chi connectivity index (χ1n) is 6.49. The molecule has 0 aliphatic rings. The SMILES string of the molecule is O=C(Nc1ccccc1)c1ccccc1O.c1cc[nH]c1. The van der Waals surface area contributed by atoms with Gasteiger partial charge in [0.25, 0.3) is 5.91 Å². The number of rotatable bonds is 2. The lowest BCUT2D eigenvalue weighted by Gasteiger charge is -2.05. The third-order valence-electron chi connectivity index (χ3n) is 2.68. The molecule has 106 valence electrons. The van der Waals surface area contributed by atoms with Gasteiger partial charge in [0.2, 0.25) is 0 Å². The third kappa shape index (κ3) is 4.54. The van der Waals surface area contributed by atoms with Crippen molar-refractivity contribution < 1.29 is 9.90 Å². The van der Waals surface area contributed by atoms with Gasteiger partial charge >= 0.3 is 0 Å². The summed E-state index contributed by atoms with van der Waals surface area (Å²) < 4.78 is 0. The second kappa shape index (κ2) is 7.55. The van der Waals surface area contributed by atoms with E-state index in [9.17, 15) is 9.90 Å². The van der Waals surface area contributed by atoms with Crippen LogP contribution in [0.4, 0.5) is 5.69 Å². The minimum atomic E-state index is -0.315. The first kappa shape index (κ1) is 14.4. The van der Waals surface area contributed by atoms with Crippen molar-refractivity contribution in [1.82, 2.24) is 4.98 Å². The van der Waals surface area contributed by atoms with Gasteiger partial charge in [-0.15, -0.1) is 0 Å². The number of anilines is 1. The Morgan fingerprint density at radius 1 is 0.857 bits per heavy atom. The number of benzene rings is 2. The summed E-state index contributed by atoms with van der Waals surface area (Å²) in [4.78, 5) is 14.6. The van der Waals surface area contributed by atoms with Crippen molar-refractivity contribution in [2.45, 2.75) is 0 Å². The van der Waals surface area contributed by atoms with E-state index in [0.29, 0.717) is 5.69 Å². The zero-order chi connectivity index (χ0) is 14.9. The number of amides is 1. The third-order valence-corrected chi connectivity index (χ3v) is 2.68. The quantitative estimate of drug-likeness (QED) is 0.670. The highest BCUT2D eigenvalue weighted by Gasteiger charge is 2.09. The number of phenolic OH excluding ortho intramolecular Hbond substituents is 1. The van der Waals surface area contributed by atoms with Gasteiger partial charge in [-0.1, -0.05) is 30.3 Å². The molecule has 0 radical (unpaired) electrons. The summed E-state index contributed by atoms with van der Waals surface area (Å²) in [6.07, 6.45) is 3.75. The van der Waals surface area contributed by atoms with Crippen LogP contribution in [0.25, 0.3) is 0 Å². The average Bonchev–Trinajstić information content (AvgIpc) is 3.08. The predicted molar refractivity (Wildman–Crippen MR) is 83.3 cm³/mol. The standard InChI is InChI=1S/C13H11NO2.C4H5N/c15-12-9-5-4-8-11(12)13(16)14-10-6-2-1-3-7-10;1-2-4-5-3-1/h1-9,15H,(H,14,16);1-5H. The summed E-state index contributed by atoms with van der Waals surface area (Å²) >= 11 is 0. The summed E-state index contributed by atoms with van der Waals surface area (Å²) in [6, 6.07) is 19.5. The van der Waals surface area contributed by atoms with Crippen LogP contribution < -0.4 is 5.32 Å². The summed E-state index contributed by atoms with van der Waals surface area (Å²) in [6.45, 7) is 0. The van der Waals surface area contributed by atoms with Crippen LogP contribution in [0.1, 0.15) is 10.4 Å². The fourth-order valence-electron chi connectivity index (χ4n) is 1.66. The number of aromatic nitrogens is 1. The van der Waals surface area contributed by atoms with E-state index in [1.165, 1.54) is 6.07 Å². The molecule has 3 N–H and O–H groups in total. The number of phenols is 1. The van der Waals surface area contributed by atoms with Gasteiger partial charge in [0.15, 0.2) is 0 Å². The smallest absolute Gasteiger partial charge is 0.259 e. The molecule has 1 heterocycles. The van der Waals surface area contributed by atoms with Crippen LogP contribution in [0.3, 0.4) is 0 Å². The lowest BCUT2D eigenvalue weighted by atomic mass is 10.2. The first-order chi connectivity index (χ1) is 10.3. The number of para-hydroxylation sites is 2. The molecular formula is C17H16N2O2. The number of H-pyrrole nitrogens is 1. The Bertz CT molecular complexity index is 647. The van der Waals surface area contributed by atoms with E-state index in [1.54, 1.807) is 30.3 Å². The number of aromatic amines is 1. The average molecular weight is 280 g/mol. The normalized spacial score (nSPS) is 9.33. The molecule has 4 nitrogen and oxygen atoms in total. The second-order valence-corrected chi connectivity index (χ2v) is 4.22. The molecule has 0 fully saturated rings. The van der Waals surface area contributed by atoms with Crippen LogP contribution in [-0.2, 0) is 0 Å². The predicted octanol–water partition coefficient (Wildman–Crippen LogP) is 3.66. The van der Waals surface area contributed by atoms with E-state index < -0.39 is 0 Å². The monoisotopic (exact) mass is 280 g/mol. The lowest BCUT2D eigenvalue weighted by molar-refractivity contribution is 0.102. The van der Waals surface area contributed by atoms with Crippen molar-refractivity contribution >= 4 is 11.6 Å². The minimum Gasteiger partial charge on any atom is -0.507 e. The molecule has 1 aromatic heterocycles. The molecule has 1 amide bonds. The van der Waals surface area contributed by atoms with E-state index >= 15 is 0 Å². The van der Waals surface area contributed by atoms with Gasteiger partial charge in [0.1, 0.15) is 5.75 Å². The van der Waals surface area contributed by atoms with Crippen molar-refractivity contribution in [3.05, 3.63) is 84.7 Å². The molecule has 0 saturated heterocycles. The zero-order valence-electron chi connectivity index (χ0n) is 11.4. The first-order valence-corrected chi connectivity index (χ1v) is 6.49. The molecule has 0 spiro atoms. The van der Waals surface area contributed by atoms with Crippen molar-refractivity contribution in [1.29, 1.82) is 0 Å². The van der Waals surface area contributed by atoms with E-state index in [1.807, 2.05) is 42.7 Å². The maximum absolute atomic E-state index is 11.8. The second-order valence-electron chi connectivity index (χ2n) is 4.22. The fraction of sp³-hybridized carbons (Fsp3) is 0. The summed E-state index contributed by atoms with van der Waals surface area (Å²) in [5.74, 6) is -0.333. The maximum Gasteiger partial charge on any atom is 0.259 e. The van der Waals surface area contributed by atoms with E-state index in [0.717, 1.165) is 0 Å². The molecule has 0 aliphatic heterocycles. The van der Waals surface area contributed by atoms with E-state index in [2.05, 4.69) is 10.3 Å². The molecule has 3 rings (SSSR count). The Labute approximate surface area is 123 Å². The van der Waals surface area contributed by atoms with Crippen LogP contribution in [0.15, 0.2) is 79.1 Å². The summed E-state index contributed by atoms with van der Waals surface area (Å²) in [5.41, 5.74) is 0.974. The Morgan fingerprint density at radius 3 is 2.05 bits per heavy atom. The highest BCUT2D eigenvalue weighted by Crippen LogP contribution is 2.17.